The van der Waals surface area contributed by atoms with Crippen LogP contribution in [0.2, 0.25) is 0 Å². The maximum atomic E-state index is 6.58. The summed E-state index contributed by atoms with van der Waals surface area (Å²) < 4.78 is 9.10. The average Bonchev–Trinajstić information content (AvgIpc) is 2.98. The van der Waals surface area contributed by atoms with Gasteiger partial charge in [-0.2, -0.15) is 5.10 Å². The molecule has 0 bridgehead atoms. The summed E-state index contributed by atoms with van der Waals surface area (Å²) in [4.78, 5) is 0. The van der Waals surface area contributed by atoms with Gasteiger partial charge in [0.1, 0.15) is 0 Å². The third-order valence-electron chi connectivity index (χ3n) is 4.01. The van der Waals surface area contributed by atoms with E-state index in [-0.39, 0.29) is 11.6 Å². The monoisotopic (exact) mass is 329 g/mol. The molecule has 4 nitrogen and oxygen atoms in total. The number of ether oxygens (including phenoxy) is 1. The lowest BCUT2D eigenvalue weighted by Gasteiger charge is -2.35. The van der Waals surface area contributed by atoms with Crippen molar-refractivity contribution in [3.05, 3.63) is 16.4 Å². The lowest BCUT2D eigenvalue weighted by Crippen LogP contribution is -2.42. The van der Waals surface area contributed by atoms with Gasteiger partial charge in [0.15, 0.2) is 0 Å². The molecule has 2 N–H and O–H groups in total. The van der Waals surface area contributed by atoms with Gasteiger partial charge >= 0.3 is 0 Å². The maximum Gasteiger partial charge on any atom is 0.0889 e. The summed E-state index contributed by atoms with van der Waals surface area (Å²) in [6, 6.07) is -0.113. The van der Waals surface area contributed by atoms with Gasteiger partial charge in [-0.3, -0.25) is 4.68 Å². The molecule has 1 aliphatic rings. The van der Waals surface area contributed by atoms with Crippen LogP contribution in [-0.2, 0) is 11.3 Å². The first-order chi connectivity index (χ1) is 9.14. The number of nitrogens with zero attached hydrogens (tertiary/aromatic N) is 2. The van der Waals surface area contributed by atoms with E-state index in [2.05, 4.69) is 28.0 Å². The molecular formula is C14H24BrN3O. The molecule has 0 spiro atoms. The highest BCUT2D eigenvalue weighted by Crippen LogP contribution is 2.43. The fraction of sp³-hybridized carbons (Fsp3) is 0.786. The summed E-state index contributed by atoms with van der Waals surface area (Å²) in [6.45, 7) is 5.81. The number of aromatic nitrogens is 2. The first-order valence-electron chi connectivity index (χ1n) is 7.25. The molecule has 5 heteroatoms. The molecule has 0 aliphatic heterocycles. The average molecular weight is 330 g/mol. The molecule has 0 aromatic carbocycles. The minimum atomic E-state index is -0.206. The Bertz CT molecular complexity index is 413. The predicted molar refractivity (Wildman–Crippen MR) is 80.0 cm³/mol. The second kappa shape index (κ2) is 6.37. The van der Waals surface area contributed by atoms with Crippen LogP contribution in [0.15, 0.2) is 10.7 Å². The van der Waals surface area contributed by atoms with Crippen molar-refractivity contribution >= 4 is 15.9 Å². The summed E-state index contributed by atoms with van der Waals surface area (Å²) in [7, 11) is 0. The van der Waals surface area contributed by atoms with Crippen LogP contribution >= 0.6 is 15.9 Å². The third kappa shape index (κ3) is 2.88. The molecule has 1 saturated carbocycles. The third-order valence-corrected chi connectivity index (χ3v) is 4.62. The van der Waals surface area contributed by atoms with Crippen molar-refractivity contribution in [3.8, 4) is 0 Å². The van der Waals surface area contributed by atoms with E-state index in [9.17, 15) is 0 Å². The Balaban J connectivity index is 2.31. The minimum Gasteiger partial charge on any atom is -0.373 e. The van der Waals surface area contributed by atoms with Crippen LogP contribution in [0.25, 0.3) is 0 Å². The van der Waals surface area contributed by atoms with E-state index < -0.39 is 0 Å². The number of hydrogen-bond acceptors (Lipinski definition) is 3. The maximum absolute atomic E-state index is 6.58. The van der Waals surface area contributed by atoms with Gasteiger partial charge in [0, 0.05) is 13.2 Å². The van der Waals surface area contributed by atoms with E-state index in [1.54, 1.807) is 0 Å². The van der Waals surface area contributed by atoms with Crippen LogP contribution in [-0.4, -0.2) is 22.0 Å². The highest BCUT2D eigenvalue weighted by molar-refractivity contribution is 9.10. The number of aryl methyl sites for hydroxylation is 1. The van der Waals surface area contributed by atoms with E-state index in [0.717, 1.165) is 36.0 Å². The predicted octanol–water partition coefficient (Wildman–Crippen LogP) is 3.40. The molecule has 0 radical (unpaired) electrons. The standard InChI is InChI=1S/C14H24BrN3O/c1-3-9-18-12(11(15)10-17-18)13(16)14(19-4-2)7-5-6-8-14/h10,13H,3-9,16H2,1-2H3. The molecule has 0 amide bonds. The molecule has 1 heterocycles. The van der Waals surface area contributed by atoms with Crippen molar-refractivity contribution in [3.63, 3.8) is 0 Å². The first-order valence-corrected chi connectivity index (χ1v) is 8.04. The van der Waals surface area contributed by atoms with Crippen molar-refractivity contribution < 1.29 is 4.74 Å². The highest BCUT2D eigenvalue weighted by atomic mass is 79.9. The fourth-order valence-electron chi connectivity index (χ4n) is 3.13. The van der Waals surface area contributed by atoms with E-state index in [1.165, 1.54) is 12.8 Å². The second-order valence-corrected chi connectivity index (χ2v) is 6.14. The van der Waals surface area contributed by atoms with Gasteiger partial charge in [-0.25, -0.2) is 0 Å². The summed E-state index contributed by atoms with van der Waals surface area (Å²) in [5, 5.41) is 4.42. The van der Waals surface area contributed by atoms with E-state index >= 15 is 0 Å². The fourth-order valence-corrected chi connectivity index (χ4v) is 3.67. The zero-order valence-corrected chi connectivity index (χ0v) is 13.4. The van der Waals surface area contributed by atoms with Crippen molar-refractivity contribution in [1.29, 1.82) is 0 Å². The van der Waals surface area contributed by atoms with Crippen molar-refractivity contribution in [2.75, 3.05) is 6.61 Å². The van der Waals surface area contributed by atoms with Crippen LogP contribution in [0, 0.1) is 0 Å². The van der Waals surface area contributed by atoms with Crippen molar-refractivity contribution in [2.45, 2.75) is 64.1 Å². The topological polar surface area (TPSA) is 53.1 Å². The molecule has 19 heavy (non-hydrogen) atoms. The molecule has 1 aromatic rings. The van der Waals surface area contributed by atoms with Crippen LogP contribution < -0.4 is 5.73 Å². The molecule has 108 valence electrons. The minimum absolute atomic E-state index is 0.113. The largest absolute Gasteiger partial charge is 0.373 e. The molecular weight excluding hydrogens is 306 g/mol. The van der Waals surface area contributed by atoms with E-state index in [1.807, 2.05) is 17.8 Å². The summed E-state index contributed by atoms with van der Waals surface area (Å²) >= 11 is 3.59. The van der Waals surface area contributed by atoms with Gasteiger partial charge in [-0.15, -0.1) is 0 Å². The summed E-state index contributed by atoms with van der Waals surface area (Å²) in [5.74, 6) is 0. The van der Waals surface area contributed by atoms with Crippen LogP contribution in [0.3, 0.4) is 0 Å². The molecule has 1 fully saturated rings. The van der Waals surface area contributed by atoms with Gasteiger partial charge in [0.2, 0.25) is 0 Å². The highest BCUT2D eigenvalue weighted by Gasteiger charge is 2.43. The smallest absolute Gasteiger partial charge is 0.0889 e. The molecule has 2 rings (SSSR count). The van der Waals surface area contributed by atoms with E-state index in [4.69, 9.17) is 10.5 Å². The SMILES string of the molecule is CCCn1ncc(Br)c1C(N)C1(OCC)CCCC1. The molecule has 0 saturated heterocycles. The Morgan fingerprint density at radius 3 is 2.74 bits per heavy atom. The zero-order valence-electron chi connectivity index (χ0n) is 11.9. The van der Waals surface area contributed by atoms with Crippen LogP contribution in [0.4, 0.5) is 0 Å². The second-order valence-electron chi connectivity index (χ2n) is 5.28. The Morgan fingerprint density at radius 2 is 2.16 bits per heavy atom. The van der Waals surface area contributed by atoms with Crippen molar-refractivity contribution in [1.82, 2.24) is 9.78 Å². The number of hydrogen-bond donors (Lipinski definition) is 1. The Hall–Kier alpha value is -0.390. The Labute approximate surface area is 123 Å². The molecule has 1 aliphatic carbocycles. The number of rotatable bonds is 6. The summed E-state index contributed by atoms with van der Waals surface area (Å²) in [5.41, 5.74) is 7.46. The summed E-state index contributed by atoms with van der Waals surface area (Å²) in [6.07, 6.45) is 7.40. The van der Waals surface area contributed by atoms with Gasteiger partial charge in [0.05, 0.1) is 28.0 Å². The molecule has 1 atom stereocenters. The molecule has 1 unspecified atom stereocenters. The van der Waals surface area contributed by atoms with Crippen LogP contribution in [0.5, 0.6) is 0 Å². The van der Waals surface area contributed by atoms with Gasteiger partial charge in [-0.05, 0) is 42.1 Å². The quantitative estimate of drug-likeness (QED) is 0.870. The number of nitrogens with two attached hydrogens (primary N) is 1. The Kier molecular flexibility index (Phi) is 5.03. The van der Waals surface area contributed by atoms with Crippen molar-refractivity contribution in [2.24, 2.45) is 5.73 Å². The van der Waals surface area contributed by atoms with Gasteiger partial charge in [-0.1, -0.05) is 19.8 Å². The van der Waals surface area contributed by atoms with E-state index in [0.29, 0.717) is 6.61 Å². The van der Waals surface area contributed by atoms with Crippen LogP contribution in [0.1, 0.15) is 57.7 Å². The lowest BCUT2D eigenvalue weighted by atomic mass is 9.90. The van der Waals surface area contributed by atoms with Gasteiger partial charge < -0.3 is 10.5 Å². The first kappa shape index (κ1) is 15.0. The lowest BCUT2D eigenvalue weighted by molar-refractivity contribution is -0.0555. The number of halogens is 1. The normalized spacial score (nSPS) is 19.8. The molecule has 1 aromatic heterocycles. The zero-order chi connectivity index (χ0) is 13.9. The van der Waals surface area contributed by atoms with Gasteiger partial charge in [0.25, 0.3) is 0 Å². The Morgan fingerprint density at radius 1 is 1.47 bits per heavy atom.